The molecule has 1 aliphatic heterocycles. The highest BCUT2D eigenvalue weighted by molar-refractivity contribution is 6.31. The van der Waals surface area contributed by atoms with E-state index in [-0.39, 0.29) is 5.91 Å². The monoisotopic (exact) mass is 315 g/mol. The summed E-state index contributed by atoms with van der Waals surface area (Å²) in [4.78, 5) is 12.0. The number of hydrogen-bond donors (Lipinski definition) is 1. The molecule has 0 radical (unpaired) electrons. The summed E-state index contributed by atoms with van der Waals surface area (Å²) in [5, 5.41) is 3.60. The Bertz CT molecular complexity index is 685. The predicted octanol–water partition coefficient (Wildman–Crippen LogP) is 3.52. The Morgan fingerprint density at radius 3 is 2.95 bits per heavy atom. The molecule has 0 bridgehead atoms. The fourth-order valence-electron chi connectivity index (χ4n) is 2.58. The van der Waals surface area contributed by atoms with Crippen LogP contribution in [0.15, 0.2) is 42.5 Å². The Kier molecular flexibility index (Phi) is 4.64. The second kappa shape index (κ2) is 6.84. The number of nitrogens with one attached hydrogen (secondary N) is 1. The van der Waals surface area contributed by atoms with E-state index >= 15 is 0 Å². The van der Waals surface area contributed by atoms with Crippen LogP contribution in [0.2, 0.25) is 5.02 Å². The molecule has 1 aliphatic rings. The molecule has 0 aromatic heterocycles. The quantitative estimate of drug-likeness (QED) is 0.916. The zero-order valence-electron chi connectivity index (χ0n) is 12.3. The van der Waals surface area contributed by atoms with Gasteiger partial charge in [-0.25, -0.2) is 0 Å². The van der Waals surface area contributed by atoms with Crippen molar-refractivity contribution in [2.75, 3.05) is 6.61 Å². The van der Waals surface area contributed by atoms with Crippen LogP contribution in [0, 0.1) is 0 Å². The molecule has 0 atom stereocenters. The maximum atomic E-state index is 12.0. The van der Waals surface area contributed by atoms with Crippen molar-refractivity contribution < 1.29 is 9.53 Å². The summed E-state index contributed by atoms with van der Waals surface area (Å²) in [7, 11) is 0. The van der Waals surface area contributed by atoms with Gasteiger partial charge in [0.1, 0.15) is 5.75 Å². The number of ether oxygens (including phenoxy) is 1. The van der Waals surface area contributed by atoms with E-state index in [1.54, 1.807) is 0 Å². The van der Waals surface area contributed by atoms with Gasteiger partial charge in [-0.2, -0.15) is 0 Å². The lowest BCUT2D eigenvalue weighted by molar-refractivity contribution is -0.121. The summed E-state index contributed by atoms with van der Waals surface area (Å²) >= 11 is 6.07. The number of hydrogen-bond acceptors (Lipinski definition) is 2. The number of fused-ring (bicyclic) bond motifs is 1. The molecule has 0 saturated carbocycles. The lowest BCUT2D eigenvalue weighted by Gasteiger charge is -2.07. The first-order chi connectivity index (χ1) is 10.7. The fourth-order valence-corrected chi connectivity index (χ4v) is 2.78. The number of amides is 1. The molecular formula is C18H18ClNO2. The van der Waals surface area contributed by atoms with E-state index in [1.807, 2.05) is 36.4 Å². The van der Waals surface area contributed by atoms with Crippen molar-refractivity contribution in [3.63, 3.8) is 0 Å². The third-order valence-electron chi connectivity index (χ3n) is 3.83. The molecular weight excluding hydrogens is 298 g/mol. The molecule has 3 rings (SSSR count). The second-order valence-electron chi connectivity index (χ2n) is 5.41. The van der Waals surface area contributed by atoms with Crippen LogP contribution in [-0.2, 0) is 24.2 Å². The standard InChI is InChI=1S/C18H18ClNO2/c19-16-4-2-1-3-15(16)12-20-18(21)8-6-13-5-7-17-14(11-13)9-10-22-17/h1-5,7,11H,6,8-10,12H2,(H,20,21). The maximum absolute atomic E-state index is 12.0. The predicted molar refractivity (Wildman–Crippen MR) is 87.3 cm³/mol. The van der Waals surface area contributed by atoms with E-state index < -0.39 is 0 Å². The fraction of sp³-hybridized carbons (Fsp3) is 0.278. The number of carbonyl (C=O) groups excluding carboxylic acids is 1. The van der Waals surface area contributed by atoms with Crippen LogP contribution >= 0.6 is 11.6 Å². The largest absolute Gasteiger partial charge is 0.493 e. The van der Waals surface area contributed by atoms with Crippen LogP contribution in [0.25, 0.3) is 0 Å². The van der Waals surface area contributed by atoms with E-state index in [0.717, 1.165) is 30.8 Å². The van der Waals surface area contributed by atoms with Crippen LogP contribution in [-0.4, -0.2) is 12.5 Å². The van der Waals surface area contributed by atoms with Gasteiger partial charge in [0, 0.05) is 24.4 Å². The van der Waals surface area contributed by atoms with Crippen LogP contribution in [0.3, 0.4) is 0 Å². The van der Waals surface area contributed by atoms with Gasteiger partial charge in [0.25, 0.3) is 0 Å². The Morgan fingerprint density at radius 1 is 1.23 bits per heavy atom. The number of benzene rings is 2. The first kappa shape index (κ1) is 14.9. The van der Waals surface area contributed by atoms with Crippen molar-refractivity contribution in [1.82, 2.24) is 5.32 Å². The molecule has 1 heterocycles. The molecule has 2 aromatic rings. The van der Waals surface area contributed by atoms with Crippen LogP contribution in [0.5, 0.6) is 5.75 Å². The van der Waals surface area contributed by atoms with Gasteiger partial charge in [-0.05, 0) is 35.2 Å². The first-order valence-corrected chi connectivity index (χ1v) is 7.85. The average molecular weight is 316 g/mol. The highest BCUT2D eigenvalue weighted by Gasteiger charge is 2.12. The molecule has 0 unspecified atom stereocenters. The third kappa shape index (κ3) is 3.60. The van der Waals surface area contributed by atoms with Gasteiger partial charge < -0.3 is 10.1 Å². The van der Waals surface area contributed by atoms with Crippen molar-refractivity contribution in [2.45, 2.75) is 25.8 Å². The van der Waals surface area contributed by atoms with Gasteiger partial charge in [0.2, 0.25) is 5.91 Å². The topological polar surface area (TPSA) is 38.3 Å². The molecule has 4 heteroatoms. The van der Waals surface area contributed by atoms with E-state index in [4.69, 9.17) is 16.3 Å². The van der Waals surface area contributed by atoms with E-state index in [1.165, 1.54) is 11.1 Å². The molecule has 1 N–H and O–H groups in total. The Balaban J connectivity index is 1.49. The van der Waals surface area contributed by atoms with Gasteiger partial charge in [-0.1, -0.05) is 41.9 Å². The highest BCUT2D eigenvalue weighted by Crippen LogP contribution is 2.26. The SMILES string of the molecule is O=C(CCc1ccc2c(c1)CCO2)NCc1ccccc1Cl. The summed E-state index contributed by atoms with van der Waals surface area (Å²) in [5.74, 6) is 1.02. The minimum Gasteiger partial charge on any atom is -0.493 e. The molecule has 0 fully saturated rings. The van der Waals surface area contributed by atoms with Gasteiger partial charge in [-0.15, -0.1) is 0 Å². The Labute approximate surface area is 135 Å². The molecule has 22 heavy (non-hydrogen) atoms. The normalized spacial score (nSPS) is 12.6. The van der Waals surface area contributed by atoms with Crippen molar-refractivity contribution in [2.24, 2.45) is 0 Å². The maximum Gasteiger partial charge on any atom is 0.220 e. The van der Waals surface area contributed by atoms with Crippen molar-refractivity contribution >= 4 is 17.5 Å². The molecule has 0 spiro atoms. The summed E-state index contributed by atoms with van der Waals surface area (Å²) in [6.45, 7) is 1.23. The number of carbonyl (C=O) groups is 1. The number of rotatable bonds is 5. The van der Waals surface area contributed by atoms with Crippen LogP contribution < -0.4 is 10.1 Å². The molecule has 0 aliphatic carbocycles. The molecule has 0 saturated heterocycles. The summed E-state index contributed by atoms with van der Waals surface area (Å²) in [5.41, 5.74) is 3.36. The molecule has 114 valence electrons. The molecule has 2 aromatic carbocycles. The number of aryl methyl sites for hydroxylation is 1. The number of halogens is 1. The molecule has 1 amide bonds. The van der Waals surface area contributed by atoms with Crippen LogP contribution in [0.1, 0.15) is 23.1 Å². The zero-order chi connectivity index (χ0) is 15.4. The zero-order valence-corrected chi connectivity index (χ0v) is 13.0. The van der Waals surface area contributed by atoms with E-state index in [9.17, 15) is 4.79 Å². The van der Waals surface area contributed by atoms with Crippen molar-refractivity contribution in [3.05, 3.63) is 64.2 Å². The minimum absolute atomic E-state index is 0.0386. The second-order valence-corrected chi connectivity index (χ2v) is 5.82. The third-order valence-corrected chi connectivity index (χ3v) is 4.20. The van der Waals surface area contributed by atoms with E-state index in [0.29, 0.717) is 18.0 Å². The van der Waals surface area contributed by atoms with Crippen LogP contribution in [0.4, 0.5) is 0 Å². The average Bonchev–Trinajstić information content (AvgIpc) is 2.99. The van der Waals surface area contributed by atoms with Gasteiger partial charge in [0.15, 0.2) is 0 Å². The van der Waals surface area contributed by atoms with Gasteiger partial charge >= 0.3 is 0 Å². The minimum atomic E-state index is 0.0386. The Hall–Kier alpha value is -2.00. The summed E-state index contributed by atoms with van der Waals surface area (Å²) in [6, 6.07) is 13.7. The first-order valence-electron chi connectivity index (χ1n) is 7.47. The molecule has 3 nitrogen and oxygen atoms in total. The Morgan fingerprint density at radius 2 is 2.09 bits per heavy atom. The van der Waals surface area contributed by atoms with Gasteiger partial charge in [0.05, 0.1) is 6.61 Å². The highest BCUT2D eigenvalue weighted by atomic mass is 35.5. The smallest absolute Gasteiger partial charge is 0.220 e. The van der Waals surface area contributed by atoms with Gasteiger partial charge in [-0.3, -0.25) is 4.79 Å². The summed E-state index contributed by atoms with van der Waals surface area (Å²) < 4.78 is 5.49. The lowest BCUT2D eigenvalue weighted by atomic mass is 10.0. The van der Waals surface area contributed by atoms with Crippen molar-refractivity contribution in [3.8, 4) is 5.75 Å². The summed E-state index contributed by atoms with van der Waals surface area (Å²) in [6.07, 6.45) is 2.17. The lowest BCUT2D eigenvalue weighted by Crippen LogP contribution is -2.23. The van der Waals surface area contributed by atoms with E-state index in [2.05, 4.69) is 11.4 Å². The van der Waals surface area contributed by atoms with Crippen molar-refractivity contribution in [1.29, 1.82) is 0 Å².